The maximum Gasteiger partial charge on any atom is 0.0380 e. The van der Waals surface area contributed by atoms with Crippen LogP contribution in [-0.2, 0) is 0 Å². The third kappa shape index (κ3) is 2.75. The molecule has 0 radical (unpaired) electrons. The van der Waals surface area contributed by atoms with Crippen molar-refractivity contribution in [2.45, 2.75) is 51.6 Å². The molecule has 110 valence electrons. The van der Waals surface area contributed by atoms with Gasteiger partial charge in [0.2, 0.25) is 0 Å². The molecule has 2 bridgehead atoms. The fourth-order valence-corrected chi connectivity index (χ4v) is 4.47. The average molecular weight is 337 g/mol. The fraction of sp³-hybridized carbons (Fsp3) is 0.647. The summed E-state index contributed by atoms with van der Waals surface area (Å²) in [5, 5.41) is 3.56. The van der Waals surface area contributed by atoms with Gasteiger partial charge in [-0.3, -0.25) is 0 Å². The number of hydrogen-bond donors (Lipinski definition) is 1. The molecule has 1 saturated carbocycles. The summed E-state index contributed by atoms with van der Waals surface area (Å²) in [6.45, 7) is 6.79. The third-order valence-corrected chi connectivity index (χ3v) is 5.58. The Balaban J connectivity index is 1.74. The van der Waals surface area contributed by atoms with Gasteiger partial charge in [-0.2, -0.15) is 0 Å². The molecule has 3 rings (SSSR count). The normalized spacial score (nSPS) is 26.2. The Morgan fingerprint density at radius 3 is 2.85 bits per heavy atom. The zero-order valence-electron chi connectivity index (χ0n) is 12.5. The molecule has 20 heavy (non-hydrogen) atoms. The van der Waals surface area contributed by atoms with Crippen LogP contribution >= 0.6 is 15.9 Å². The largest absolute Gasteiger partial charge is 0.368 e. The van der Waals surface area contributed by atoms with Crippen LogP contribution in [0, 0.1) is 5.92 Å². The Morgan fingerprint density at radius 2 is 2.25 bits per heavy atom. The van der Waals surface area contributed by atoms with Gasteiger partial charge in [0, 0.05) is 28.8 Å². The molecular formula is C17H25BrN2. The second kappa shape index (κ2) is 6.07. The van der Waals surface area contributed by atoms with Crippen molar-refractivity contribution in [3.05, 3.63) is 28.2 Å². The Bertz CT molecular complexity index is 474. The number of nitrogens with zero attached hydrogens (tertiary/aromatic N) is 1. The molecule has 3 unspecified atom stereocenters. The minimum absolute atomic E-state index is 0.411. The number of anilines is 1. The first-order chi connectivity index (χ1) is 9.69. The van der Waals surface area contributed by atoms with Gasteiger partial charge in [0.1, 0.15) is 0 Å². The maximum absolute atomic E-state index is 3.77. The Hall–Kier alpha value is -0.540. The fourth-order valence-electron chi connectivity index (χ4n) is 3.76. The van der Waals surface area contributed by atoms with Crippen LogP contribution in [0.2, 0.25) is 0 Å². The van der Waals surface area contributed by atoms with Crippen molar-refractivity contribution in [3.63, 3.8) is 0 Å². The van der Waals surface area contributed by atoms with E-state index in [2.05, 4.69) is 58.2 Å². The highest BCUT2D eigenvalue weighted by Gasteiger charge is 2.37. The standard InChI is InChI=1S/C17H25BrN2/c1-3-8-19-12(2)16-7-6-15(10-17(16)18)20-11-13-4-5-14(20)9-13/h6-7,10,12-14,19H,3-5,8-9,11H2,1-2H3. The van der Waals surface area contributed by atoms with Crippen LogP contribution in [0.3, 0.4) is 0 Å². The minimum atomic E-state index is 0.411. The van der Waals surface area contributed by atoms with Crippen LogP contribution in [0.25, 0.3) is 0 Å². The van der Waals surface area contributed by atoms with Gasteiger partial charge in [0.25, 0.3) is 0 Å². The highest BCUT2D eigenvalue weighted by atomic mass is 79.9. The zero-order valence-corrected chi connectivity index (χ0v) is 14.1. The smallest absolute Gasteiger partial charge is 0.0380 e. The van der Waals surface area contributed by atoms with Crippen molar-refractivity contribution in [1.82, 2.24) is 5.32 Å². The van der Waals surface area contributed by atoms with E-state index in [9.17, 15) is 0 Å². The third-order valence-electron chi connectivity index (χ3n) is 4.89. The zero-order chi connectivity index (χ0) is 14.1. The van der Waals surface area contributed by atoms with E-state index < -0.39 is 0 Å². The lowest BCUT2D eigenvalue weighted by Gasteiger charge is -2.30. The van der Waals surface area contributed by atoms with Crippen LogP contribution in [0.1, 0.15) is 51.1 Å². The van der Waals surface area contributed by atoms with Gasteiger partial charge in [0.15, 0.2) is 0 Å². The van der Waals surface area contributed by atoms with Crippen LogP contribution in [0.4, 0.5) is 5.69 Å². The van der Waals surface area contributed by atoms with E-state index in [0.717, 1.165) is 18.5 Å². The lowest BCUT2D eigenvalue weighted by atomic mass is 10.1. The predicted octanol–water partition coefficient (Wildman–Crippen LogP) is 4.50. The number of nitrogens with one attached hydrogen (secondary N) is 1. The molecule has 2 fully saturated rings. The Labute approximate surface area is 131 Å². The van der Waals surface area contributed by atoms with Crippen molar-refractivity contribution in [1.29, 1.82) is 0 Å². The van der Waals surface area contributed by atoms with E-state index in [1.54, 1.807) is 0 Å². The molecule has 1 N–H and O–H groups in total. The second-order valence-corrected chi connectivity index (χ2v) is 7.22. The van der Waals surface area contributed by atoms with Gasteiger partial charge in [-0.15, -0.1) is 0 Å². The molecule has 0 spiro atoms. The molecule has 2 nitrogen and oxygen atoms in total. The highest BCUT2D eigenvalue weighted by Crippen LogP contribution is 2.41. The first-order valence-corrected chi connectivity index (χ1v) is 8.77. The molecule has 1 aliphatic heterocycles. The molecular weight excluding hydrogens is 312 g/mol. The first kappa shape index (κ1) is 14.4. The molecule has 2 aliphatic rings. The van der Waals surface area contributed by atoms with Crippen LogP contribution in [-0.4, -0.2) is 19.1 Å². The van der Waals surface area contributed by atoms with Crippen molar-refractivity contribution in [2.75, 3.05) is 18.0 Å². The van der Waals surface area contributed by atoms with E-state index in [0.29, 0.717) is 6.04 Å². The molecule has 1 heterocycles. The van der Waals surface area contributed by atoms with Gasteiger partial charge in [-0.25, -0.2) is 0 Å². The quantitative estimate of drug-likeness (QED) is 0.851. The maximum atomic E-state index is 3.77. The number of fused-ring (bicyclic) bond motifs is 2. The number of hydrogen-bond acceptors (Lipinski definition) is 2. The van der Waals surface area contributed by atoms with Crippen molar-refractivity contribution in [3.8, 4) is 0 Å². The number of piperidine rings is 1. The summed E-state index contributed by atoms with van der Waals surface area (Å²) in [6.07, 6.45) is 5.42. The van der Waals surface area contributed by atoms with E-state index in [1.165, 1.54) is 48.0 Å². The van der Waals surface area contributed by atoms with Crippen molar-refractivity contribution < 1.29 is 0 Å². The van der Waals surface area contributed by atoms with Gasteiger partial charge < -0.3 is 10.2 Å². The predicted molar refractivity (Wildman–Crippen MR) is 89.3 cm³/mol. The number of rotatable bonds is 5. The van der Waals surface area contributed by atoms with Gasteiger partial charge in [-0.1, -0.05) is 28.9 Å². The monoisotopic (exact) mass is 336 g/mol. The molecule has 3 atom stereocenters. The summed E-state index contributed by atoms with van der Waals surface area (Å²) < 4.78 is 1.24. The highest BCUT2D eigenvalue weighted by molar-refractivity contribution is 9.10. The topological polar surface area (TPSA) is 15.3 Å². The molecule has 3 heteroatoms. The lowest BCUT2D eigenvalue weighted by molar-refractivity contribution is 0.552. The molecule has 0 aromatic heterocycles. The summed E-state index contributed by atoms with van der Waals surface area (Å²) in [5.74, 6) is 0.948. The van der Waals surface area contributed by atoms with E-state index >= 15 is 0 Å². The van der Waals surface area contributed by atoms with Crippen LogP contribution < -0.4 is 10.2 Å². The van der Waals surface area contributed by atoms with Gasteiger partial charge >= 0.3 is 0 Å². The average Bonchev–Trinajstić information content (AvgIpc) is 3.07. The second-order valence-electron chi connectivity index (χ2n) is 6.37. The van der Waals surface area contributed by atoms with Crippen molar-refractivity contribution >= 4 is 21.6 Å². The van der Waals surface area contributed by atoms with Crippen molar-refractivity contribution in [2.24, 2.45) is 5.92 Å². The Morgan fingerprint density at radius 1 is 1.40 bits per heavy atom. The molecule has 0 amide bonds. The lowest BCUT2D eigenvalue weighted by Crippen LogP contribution is -2.31. The summed E-state index contributed by atoms with van der Waals surface area (Å²) in [6, 6.07) is 8.13. The van der Waals surface area contributed by atoms with E-state index in [-0.39, 0.29) is 0 Å². The molecule has 1 aliphatic carbocycles. The summed E-state index contributed by atoms with van der Waals surface area (Å²) >= 11 is 3.77. The molecule has 1 aromatic carbocycles. The van der Waals surface area contributed by atoms with Gasteiger partial charge in [-0.05, 0) is 62.8 Å². The first-order valence-electron chi connectivity index (χ1n) is 7.98. The Kier molecular flexibility index (Phi) is 4.37. The summed E-state index contributed by atoms with van der Waals surface area (Å²) in [4.78, 5) is 2.62. The van der Waals surface area contributed by atoms with E-state index in [1.807, 2.05) is 0 Å². The van der Waals surface area contributed by atoms with E-state index in [4.69, 9.17) is 0 Å². The summed E-state index contributed by atoms with van der Waals surface area (Å²) in [5.41, 5.74) is 2.77. The van der Waals surface area contributed by atoms with Gasteiger partial charge in [0.05, 0.1) is 0 Å². The SMILES string of the molecule is CCCNC(C)c1ccc(N2CC3CCC2C3)cc1Br. The number of halogens is 1. The minimum Gasteiger partial charge on any atom is -0.368 e. The summed E-state index contributed by atoms with van der Waals surface area (Å²) in [7, 11) is 0. The van der Waals surface area contributed by atoms with Crippen LogP contribution in [0.15, 0.2) is 22.7 Å². The molecule has 1 saturated heterocycles. The van der Waals surface area contributed by atoms with Crippen LogP contribution in [0.5, 0.6) is 0 Å². The number of benzene rings is 1. The molecule has 1 aromatic rings.